The van der Waals surface area contributed by atoms with E-state index >= 15 is 0 Å². The van der Waals surface area contributed by atoms with Crippen molar-refractivity contribution in [3.8, 4) is 0 Å². The number of carboxylic acid groups (broad SMARTS) is 1. The highest BCUT2D eigenvalue weighted by molar-refractivity contribution is 7.14. The normalized spacial score (nSPS) is 20.0. The number of hydrogen-bond acceptors (Lipinski definition) is 4. The predicted molar refractivity (Wildman–Crippen MR) is 96.6 cm³/mol. The summed E-state index contributed by atoms with van der Waals surface area (Å²) in [6.45, 7) is 2.06. The highest BCUT2D eigenvalue weighted by Crippen LogP contribution is 2.40. The smallest absolute Gasteiger partial charge is 0.312 e. The molecule has 2 aromatic rings. The van der Waals surface area contributed by atoms with Gasteiger partial charge in [0.05, 0.1) is 10.7 Å². The molecule has 1 aliphatic heterocycles. The van der Waals surface area contributed by atoms with Crippen LogP contribution in [-0.4, -0.2) is 28.5 Å². The second-order valence-corrected chi connectivity index (χ2v) is 7.84. The molecule has 1 aliphatic carbocycles. The van der Waals surface area contributed by atoms with E-state index in [2.05, 4.69) is 4.98 Å². The van der Waals surface area contributed by atoms with E-state index < -0.39 is 11.9 Å². The van der Waals surface area contributed by atoms with Gasteiger partial charge in [0.2, 0.25) is 0 Å². The number of para-hydroxylation sites is 1. The van der Waals surface area contributed by atoms with Crippen molar-refractivity contribution in [2.24, 2.45) is 0 Å². The Kier molecular flexibility index (Phi) is 4.07. The fraction of sp³-hybridized carbons (Fsp3) is 0.421. The number of nitrogens with zero attached hydrogens (tertiary/aromatic N) is 2. The minimum Gasteiger partial charge on any atom is -0.481 e. The lowest BCUT2D eigenvalue weighted by Gasteiger charge is -2.16. The number of thiazole rings is 1. The molecule has 1 amide bonds. The van der Waals surface area contributed by atoms with Gasteiger partial charge in [0.25, 0.3) is 5.91 Å². The molecule has 0 saturated heterocycles. The van der Waals surface area contributed by atoms with Crippen LogP contribution in [0.4, 0.5) is 5.69 Å². The molecule has 2 heterocycles. The van der Waals surface area contributed by atoms with Gasteiger partial charge in [-0.15, -0.1) is 11.3 Å². The van der Waals surface area contributed by atoms with Crippen LogP contribution in [0.3, 0.4) is 0 Å². The van der Waals surface area contributed by atoms with E-state index in [1.54, 1.807) is 11.0 Å². The minimum absolute atomic E-state index is 0.129. The lowest BCUT2D eigenvalue weighted by Crippen LogP contribution is -2.31. The van der Waals surface area contributed by atoms with Gasteiger partial charge in [-0.25, -0.2) is 4.98 Å². The molecule has 0 spiro atoms. The Morgan fingerprint density at radius 1 is 1.24 bits per heavy atom. The zero-order valence-corrected chi connectivity index (χ0v) is 14.9. The van der Waals surface area contributed by atoms with Gasteiger partial charge in [0.15, 0.2) is 0 Å². The quantitative estimate of drug-likeness (QED) is 0.904. The molecule has 4 rings (SSSR count). The van der Waals surface area contributed by atoms with Gasteiger partial charge in [-0.2, -0.15) is 0 Å². The Bertz CT molecular complexity index is 839. The van der Waals surface area contributed by atoms with Gasteiger partial charge < -0.3 is 10.0 Å². The molecule has 25 heavy (non-hydrogen) atoms. The fourth-order valence-electron chi connectivity index (χ4n) is 3.90. The molecule has 1 saturated carbocycles. The number of aryl methyl sites for hydroxylation is 1. The Hall–Kier alpha value is -2.21. The van der Waals surface area contributed by atoms with E-state index in [-0.39, 0.29) is 12.5 Å². The number of carboxylic acids is 1. The Morgan fingerprint density at radius 2 is 1.96 bits per heavy atom. The molecule has 6 heteroatoms. The lowest BCUT2D eigenvalue weighted by molar-refractivity contribution is -0.138. The first-order chi connectivity index (χ1) is 12.1. The summed E-state index contributed by atoms with van der Waals surface area (Å²) >= 11 is 1.49. The van der Waals surface area contributed by atoms with Crippen LogP contribution >= 0.6 is 11.3 Å². The summed E-state index contributed by atoms with van der Waals surface area (Å²) in [6.07, 6.45) is 4.75. The van der Waals surface area contributed by atoms with Gasteiger partial charge in [0, 0.05) is 18.2 Å². The highest BCUT2D eigenvalue weighted by atomic mass is 32.1. The van der Waals surface area contributed by atoms with Crippen LogP contribution in [0, 0.1) is 6.92 Å². The van der Waals surface area contributed by atoms with Crippen LogP contribution in [0.2, 0.25) is 0 Å². The van der Waals surface area contributed by atoms with Crippen molar-refractivity contribution >= 4 is 28.9 Å². The topological polar surface area (TPSA) is 70.5 Å². The van der Waals surface area contributed by atoms with E-state index in [4.69, 9.17) is 0 Å². The molecule has 1 atom stereocenters. The number of hydrogen-bond donors (Lipinski definition) is 1. The van der Waals surface area contributed by atoms with Crippen LogP contribution in [0.1, 0.15) is 63.5 Å². The van der Waals surface area contributed by atoms with Crippen molar-refractivity contribution < 1.29 is 14.7 Å². The van der Waals surface area contributed by atoms with E-state index in [1.165, 1.54) is 24.2 Å². The van der Waals surface area contributed by atoms with Gasteiger partial charge in [-0.3, -0.25) is 9.59 Å². The summed E-state index contributed by atoms with van der Waals surface area (Å²) in [7, 11) is 0. The van der Waals surface area contributed by atoms with E-state index in [9.17, 15) is 14.7 Å². The maximum Gasteiger partial charge on any atom is 0.312 e. The number of fused-ring (bicyclic) bond motifs is 1. The first-order valence-electron chi connectivity index (χ1n) is 8.67. The van der Waals surface area contributed by atoms with Gasteiger partial charge in [0.1, 0.15) is 10.8 Å². The third-order valence-corrected chi connectivity index (χ3v) is 6.53. The third kappa shape index (κ3) is 2.74. The molecule has 1 fully saturated rings. The number of anilines is 1. The summed E-state index contributed by atoms with van der Waals surface area (Å²) in [5.74, 6) is -1.21. The highest BCUT2D eigenvalue weighted by Gasteiger charge is 2.38. The van der Waals surface area contributed by atoms with Crippen molar-refractivity contribution in [3.05, 3.63) is 45.4 Å². The third-order valence-electron chi connectivity index (χ3n) is 5.22. The SMILES string of the molecule is Cc1nc(C2CCCC2)sc1C(=O)N1CC(C(=O)O)c2ccccc21. The Morgan fingerprint density at radius 3 is 2.68 bits per heavy atom. The monoisotopic (exact) mass is 356 g/mol. The average Bonchev–Trinajstić information content (AvgIpc) is 3.32. The zero-order chi connectivity index (χ0) is 17.6. The number of aromatic nitrogens is 1. The van der Waals surface area contributed by atoms with E-state index in [0.29, 0.717) is 22.0 Å². The summed E-state index contributed by atoms with van der Waals surface area (Å²) in [5, 5.41) is 10.5. The van der Waals surface area contributed by atoms with Crippen LogP contribution < -0.4 is 4.90 Å². The summed E-state index contributed by atoms with van der Waals surface area (Å²) in [5.41, 5.74) is 2.17. The number of carbonyl (C=O) groups excluding carboxylic acids is 1. The molecule has 1 aromatic heterocycles. The molecule has 0 radical (unpaired) electrons. The van der Waals surface area contributed by atoms with Crippen molar-refractivity contribution in [1.29, 1.82) is 0 Å². The Labute approximate surface area is 150 Å². The summed E-state index contributed by atoms with van der Waals surface area (Å²) < 4.78 is 0. The second kappa shape index (κ2) is 6.26. The summed E-state index contributed by atoms with van der Waals surface area (Å²) in [6, 6.07) is 7.28. The van der Waals surface area contributed by atoms with E-state index in [0.717, 1.165) is 23.5 Å². The van der Waals surface area contributed by atoms with Crippen molar-refractivity contribution in [2.75, 3.05) is 11.4 Å². The van der Waals surface area contributed by atoms with Crippen LogP contribution in [0.25, 0.3) is 0 Å². The first-order valence-corrected chi connectivity index (χ1v) is 9.49. The van der Waals surface area contributed by atoms with E-state index in [1.807, 2.05) is 25.1 Å². The average molecular weight is 356 g/mol. The lowest BCUT2D eigenvalue weighted by atomic mass is 10.0. The minimum atomic E-state index is -0.893. The fourth-order valence-corrected chi connectivity index (χ4v) is 5.08. The molecule has 1 unspecified atom stereocenters. The zero-order valence-electron chi connectivity index (χ0n) is 14.1. The van der Waals surface area contributed by atoms with Gasteiger partial charge >= 0.3 is 5.97 Å². The molecule has 1 aromatic carbocycles. The number of rotatable bonds is 3. The maximum atomic E-state index is 13.1. The summed E-state index contributed by atoms with van der Waals surface area (Å²) in [4.78, 5) is 31.6. The van der Waals surface area contributed by atoms with Crippen LogP contribution in [-0.2, 0) is 4.79 Å². The molecule has 1 N–H and O–H groups in total. The molecule has 130 valence electrons. The number of aliphatic carboxylic acids is 1. The van der Waals surface area contributed by atoms with Gasteiger partial charge in [-0.1, -0.05) is 31.0 Å². The van der Waals surface area contributed by atoms with Crippen LogP contribution in [0.15, 0.2) is 24.3 Å². The standard InChI is InChI=1S/C19H20N2O3S/c1-11-16(25-17(20-11)12-6-2-3-7-12)18(22)21-10-14(19(23)24)13-8-4-5-9-15(13)21/h4-5,8-9,12,14H,2-3,6-7,10H2,1H3,(H,23,24). The predicted octanol–water partition coefficient (Wildman–Crippen LogP) is 3.94. The number of carbonyl (C=O) groups is 2. The van der Waals surface area contributed by atoms with Crippen molar-refractivity contribution in [3.63, 3.8) is 0 Å². The van der Waals surface area contributed by atoms with Crippen LogP contribution in [0.5, 0.6) is 0 Å². The number of amides is 1. The van der Waals surface area contributed by atoms with Crippen molar-refractivity contribution in [2.45, 2.75) is 44.4 Å². The molecular weight excluding hydrogens is 336 g/mol. The molecule has 5 nitrogen and oxygen atoms in total. The van der Waals surface area contributed by atoms with Crippen molar-refractivity contribution in [1.82, 2.24) is 4.98 Å². The molecule has 0 bridgehead atoms. The van der Waals surface area contributed by atoms with Gasteiger partial charge in [-0.05, 0) is 31.4 Å². The number of benzene rings is 1. The molecule has 2 aliphatic rings. The largest absolute Gasteiger partial charge is 0.481 e. The Balaban J connectivity index is 1.67. The molecular formula is C19H20N2O3S. The first kappa shape index (κ1) is 16.3. The second-order valence-electron chi connectivity index (χ2n) is 6.81. The maximum absolute atomic E-state index is 13.1.